The lowest BCUT2D eigenvalue weighted by molar-refractivity contribution is -0.329. The molecule has 0 spiro atoms. The molecule has 0 aliphatic heterocycles. The Morgan fingerprint density at radius 2 is 1.64 bits per heavy atom. The molecule has 0 unspecified atom stereocenters. The molecule has 9 atom stereocenters. The zero-order valence-corrected chi connectivity index (χ0v) is 20.1. The number of carbonyl (C=O) groups excluding carboxylic acids is 3. The Bertz CT molecular complexity index is 912. The highest BCUT2D eigenvalue weighted by molar-refractivity contribution is 5.80. The van der Waals surface area contributed by atoms with Gasteiger partial charge < -0.3 is 24.8 Å². The number of aliphatic hydroxyl groups is 3. The standard InChI is InChI=1S/C25H36O8/c1-13(26)18-8-11-25(31)23(18,5)21(33-15(3)28)19(32-14(2)27)20-22(4)9-7-17(29)12-16(22)6-10-24(20,25)30/h6,17-21,29-31H,7-12H2,1-5H3/t17-,18+,19-,20+,21+,22-,23-,24-,25+/m0/s1. The second-order valence-electron chi connectivity index (χ2n) is 11.1. The molecule has 4 aliphatic carbocycles. The zero-order chi connectivity index (χ0) is 24.6. The molecule has 0 heterocycles. The van der Waals surface area contributed by atoms with E-state index in [4.69, 9.17) is 9.47 Å². The van der Waals surface area contributed by atoms with Gasteiger partial charge in [-0.25, -0.2) is 0 Å². The molecule has 0 aromatic rings. The fourth-order valence-electron chi connectivity index (χ4n) is 8.04. The number of fused-ring (bicyclic) bond motifs is 5. The van der Waals surface area contributed by atoms with Gasteiger partial charge in [-0.05, 0) is 50.9 Å². The summed E-state index contributed by atoms with van der Waals surface area (Å²) in [6.45, 7) is 7.58. The molecule has 3 fully saturated rings. The maximum absolute atomic E-state index is 12.7. The van der Waals surface area contributed by atoms with Gasteiger partial charge in [0.05, 0.1) is 6.10 Å². The van der Waals surface area contributed by atoms with Crippen molar-refractivity contribution in [1.82, 2.24) is 0 Å². The largest absolute Gasteiger partial charge is 0.458 e. The van der Waals surface area contributed by atoms with Crippen LogP contribution in [-0.2, 0) is 23.9 Å². The van der Waals surface area contributed by atoms with Crippen LogP contribution in [0.5, 0.6) is 0 Å². The third kappa shape index (κ3) is 3.09. The summed E-state index contributed by atoms with van der Waals surface area (Å²) in [5, 5.41) is 35.0. The summed E-state index contributed by atoms with van der Waals surface area (Å²) < 4.78 is 11.6. The molecule has 0 aromatic carbocycles. The summed E-state index contributed by atoms with van der Waals surface area (Å²) in [6.07, 6.45) is 1.24. The van der Waals surface area contributed by atoms with Gasteiger partial charge in [0.15, 0.2) is 0 Å². The van der Waals surface area contributed by atoms with E-state index >= 15 is 0 Å². The minimum Gasteiger partial charge on any atom is -0.458 e. The van der Waals surface area contributed by atoms with Crippen molar-refractivity contribution in [2.75, 3.05) is 0 Å². The Hall–Kier alpha value is -1.77. The lowest BCUT2D eigenvalue weighted by Gasteiger charge is -2.68. The molecule has 8 heteroatoms. The molecule has 0 amide bonds. The number of Topliss-reactive ketones (excluding diaryl/α,β-unsaturated/α-hetero) is 1. The van der Waals surface area contributed by atoms with Gasteiger partial charge in [0.2, 0.25) is 0 Å². The summed E-state index contributed by atoms with van der Waals surface area (Å²) >= 11 is 0. The average Bonchev–Trinajstić information content (AvgIpc) is 2.99. The van der Waals surface area contributed by atoms with Crippen LogP contribution in [0.4, 0.5) is 0 Å². The Balaban J connectivity index is 1.99. The Morgan fingerprint density at radius 1 is 1.00 bits per heavy atom. The van der Waals surface area contributed by atoms with Gasteiger partial charge in [-0.3, -0.25) is 14.4 Å². The number of esters is 2. The summed E-state index contributed by atoms with van der Waals surface area (Å²) in [5.74, 6) is -2.85. The molecular formula is C25H36O8. The molecule has 0 radical (unpaired) electrons. The second kappa shape index (κ2) is 7.62. The van der Waals surface area contributed by atoms with Crippen LogP contribution in [0.3, 0.4) is 0 Å². The third-order valence-electron chi connectivity index (χ3n) is 9.48. The third-order valence-corrected chi connectivity index (χ3v) is 9.48. The Morgan fingerprint density at radius 3 is 2.21 bits per heavy atom. The van der Waals surface area contributed by atoms with E-state index in [9.17, 15) is 29.7 Å². The maximum Gasteiger partial charge on any atom is 0.303 e. The predicted octanol–water partition coefficient (Wildman–Crippen LogP) is 1.83. The number of aliphatic hydroxyl groups excluding tert-OH is 1. The van der Waals surface area contributed by atoms with Crippen molar-refractivity contribution in [3.8, 4) is 0 Å². The fourth-order valence-corrected chi connectivity index (χ4v) is 8.04. The number of ether oxygens (including phenoxy) is 2. The molecule has 8 nitrogen and oxygen atoms in total. The molecular weight excluding hydrogens is 428 g/mol. The molecule has 184 valence electrons. The summed E-state index contributed by atoms with van der Waals surface area (Å²) in [5.41, 5.74) is -4.58. The number of rotatable bonds is 3. The van der Waals surface area contributed by atoms with E-state index < -0.39 is 64.1 Å². The normalized spacial score (nSPS) is 48.6. The van der Waals surface area contributed by atoms with Crippen molar-refractivity contribution >= 4 is 17.7 Å². The lowest BCUT2D eigenvalue weighted by atomic mass is 9.42. The van der Waals surface area contributed by atoms with Crippen molar-refractivity contribution in [1.29, 1.82) is 0 Å². The highest BCUT2D eigenvalue weighted by Crippen LogP contribution is 2.70. The minimum absolute atomic E-state index is 0.0938. The van der Waals surface area contributed by atoms with Gasteiger partial charge in [-0.15, -0.1) is 0 Å². The number of hydrogen-bond acceptors (Lipinski definition) is 8. The summed E-state index contributed by atoms with van der Waals surface area (Å²) in [7, 11) is 0. The minimum atomic E-state index is -1.75. The highest BCUT2D eigenvalue weighted by Gasteiger charge is 2.80. The van der Waals surface area contributed by atoms with E-state index in [1.807, 2.05) is 13.0 Å². The van der Waals surface area contributed by atoms with E-state index in [0.717, 1.165) is 5.57 Å². The number of ketones is 1. The molecule has 33 heavy (non-hydrogen) atoms. The van der Waals surface area contributed by atoms with Crippen LogP contribution in [0.25, 0.3) is 0 Å². The van der Waals surface area contributed by atoms with Crippen LogP contribution in [0.2, 0.25) is 0 Å². The Kier molecular flexibility index (Phi) is 5.62. The average molecular weight is 465 g/mol. The van der Waals surface area contributed by atoms with E-state index in [0.29, 0.717) is 25.7 Å². The molecule has 4 rings (SSSR count). The Labute approximate surface area is 194 Å². The topological polar surface area (TPSA) is 130 Å². The maximum atomic E-state index is 12.7. The summed E-state index contributed by atoms with van der Waals surface area (Å²) in [6, 6.07) is 0. The van der Waals surface area contributed by atoms with E-state index in [1.165, 1.54) is 20.8 Å². The molecule has 0 aromatic heterocycles. The van der Waals surface area contributed by atoms with E-state index in [1.54, 1.807) is 6.92 Å². The summed E-state index contributed by atoms with van der Waals surface area (Å²) in [4.78, 5) is 37.3. The predicted molar refractivity (Wildman–Crippen MR) is 117 cm³/mol. The molecule has 0 saturated heterocycles. The molecule has 4 aliphatic rings. The number of carbonyl (C=O) groups is 3. The number of hydrogen-bond donors (Lipinski definition) is 3. The van der Waals surface area contributed by atoms with Crippen LogP contribution in [-0.4, -0.2) is 62.6 Å². The highest BCUT2D eigenvalue weighted by atomic mass is 16.6. The van der Waals surface area contributed by atoms with E-state index in [2.05, 4.69) is 0 Å². The van der Waals surface area contributed by atoms with Gasteiger partial charge in [0.25, 0.3) is 0 Å². The van der Waals surface area contributed by atoms with Crippen LogP contribution in [0, 0.1) is 22.7 Å². The first-order chi connectivity index (χ1) is 15.2. The van der Waals surface area contributed by atoms with Crippen LogP contribution >= 0.6 is 0 Å². The van der Waals surface area contributed by atoms with Gasteiger partial charge in [0.1, 0.15) is 29.2 Å². The molecule has 3 N–H and O–H groups in total. The van der Waals surface area contributed by atoms with Crippen molar-refractivity contribution in [3.63, 3.8) is 0 Å². The SMILES string of the molecule is CC(=O)O[C@@H]1[C@@H](OC(C)=O)[C@]2(C)[C@@H](C(C)=O)CC[C@]2(O)[C@]2(O)CC=C3C[C@@H](O)CC[C@]3(C)[C@@H]12. The van der Waals surface area contributed by atoms with Crippen LogP contribution in [0.15, 0.2) is 11.6 Å². The monoisotopic (exact) mass is 464 g/mol. The quantitative estimate of drug-likeness (QED) is 0.426. The van der Waals surface area contributed by atoms with Gasteiger partial charge in [-0.1, -0.05) is 25.5 Å². The van der Waals surface area contributed by atoms with Crippen LogP contribution < -0.4 is 0 Å². The van der Waals surface area contributed by atoms with Crippen molar-refractivity contribution in [2.24, 2.45) is 22.7 Å². The van der Waals surface area contributed by atoms with Crippen molar-refractivity contribution in [3.05, 3.63) is 11.6 Å². The van der Waals surface area contributed by atoms with E-state index in [-0.39, 0.29) is 18.6 Å². The first-order valence-corrected chi connectivity index (χ1v) is 11.9. The van der Waals surface area contributed by atoms with Gasteiger partial charge >= 0.3 is 11.9 Å². The molecule has 0 bridgehead atoms. The van der Waals surface area contributed by atoms with Crippen molar-refractivity contribution < 1.29 is 39.2 Å². The molecule has 3 saturated carbocycles. The van der Waals surface area contributed by atoms with Crippen molar-refractivity contribution in [2.45, 2.75) is 103 Å². The fraction of sp³-hybridized carbons (Fsp3) is 0.800. The lowest BCUT2D eigenvalue weighted by Crippen LogP contribution is -2.80. The first kappa shape index (κ1) is 24.4. The first-order valence-electron chi connectivity index (χ1n) is 11.9. The smallest absolute Gasteiger partial charge is 0.303 e. The van der Waals surface area contributed by atoms with Crippen LogP contribution in [0.1, 0.15) is 73.1 Å². The zero-order valence-electron chi connectivity index (χ0n) is 20.1. The van der Waals surface area contributed by atoms with Gasteiger partial charge in [0, 0.05) is 31.1 Å². The second-order valence-corrected chi connectivity index (χ2v) is 11.1. The van der Waals surface area contributed by atoms with Gasteiger partial charge in [-0.2, -0.15) is 0 Å².